The van der Waals surface area contributed by atoms with Gasteiger partial charge in [0.1, 0.15) is 0 Å². The van der Waals surface area contributed by atoms with E-state index in [1.54, 1.807) is 0 Å². The van der Waals surface area contributed by atoms with Crippen LogP contribution in [-0.4, -0.2) is 40.3 Å². The molecule has 0 aromatic carbocycles. The standard InChI is InChI=1S/C11H18F3N7/c1-7(6-11(12,13)14)16-8-17-9(20-15)19-10(18-8)21-4-2-3-5-21/h7H,2-6,15H2,1H3,(H2,16,17,18,19,20). The second-order valence-corrected chi connectivity index (χ2v) is 4.99. The molecular formula is C11H18F3N7. The van der Waals surface area contributed by atoms with Gasteiger partial charge < -0.3 is 10.2 Å². The van der Waals surface area contributed by atoms with Crippen LogP contribution < -0.4 is 21.5 Å². The zero-order chi connectivity index (χ0) is 15.5. The first-order chi connectivity index (χ1) is 9.87. The van der Waals surface area contributed by atoms with E-state index in [4.69, 9.17) is 5.84 Å². The van der Waals surface area contributed by atoms with E-state index in [9.17, 15) is 13.2 Å². The maximum Gasteiger partial charge on any atom is 0.391 e. The molecule has 1 aliphatic heterocycles. The van der Waals surface area contributed by atoms with E-state index < -0.39 is 18.6 Å². The first-order valence-corrected chi connectivity index (χ1v) is 6.68. The lowest BCUT2D eigenvalue weighted by Gasteiger charge is -2.19. The van der Waals surface area contributed by atoms with Gasteiger partial charge in [0.05, 0.1) is 6.42 Å². The number of anilines is 3. The van der Waals surface area contributed by atoms with Gasteiger partial charge in [-0.25, -0.2) is 5.84 Å². The Morgan fingerprint density at radius 2 is 1.81 bits per heavy atom. The lowest BCUT2D eigenvalue weighted by Crippen LogP contribution is -2.27. The zero-order valence-electron chi connectivity index (χ0n) is 11.6. The fourth-order valence-corrected chi connectivity index (χ4v) is 2.17. The molecule has 10 heteroatoms. The van der Waals surface area contributed by atoms with Gasteiger partial charge >= 0.3 is 6.18 Å². The molecule has 118 valence electrons. The zero-order valence-corrected chi connectivity index (χ0v) is 11.6. The lowest BCUT2D eigenvalue weighted by atomic mass is 10.2. The number of nitrogens with zero attached hydrogens (tertiary/aromatic N) is 4. The maximum atomic E-state index is 12.3. The molecule has 1 atom stereocenters. The van der Waals surface area contributed by atoms with Crippen LogP contribution in [-0.2, 0) is 0 Å². The Labute approximate surface area is 120 Å². The van der Waals surface area contributed by atoms with Crippen LogP contribution in [0, 0.1) is 0 Å². The smallest absolute Gasteiger partial charge is 0.351 e. The van der Waals surface area contributed by atoms with Gasteiger partial charge in [0.2, 0.25) is 17.8 Å². The normalized spacial score (nSPS) is 16.9. The number of alkyl halides is 3. The molecule has 4 N–H and O–H groups in total. The van der Waals surface area contributed by atoms with Gasteiger partial charge in [0, 0.05) is 19.1 Å². The summed E-state index contributed by atoms with van der Waals surface area (Å²) in [6.07, 6.45) is -3.15. The SMILES string of the molecule is CC(CC(F)(F)F)Nc1nc(NN)nc(N2CCCC2)n1. The van der Waals surface area contributed by atoms with Gasteiger partial charge in [-0.3, -0.25) is 5.43 Å². The van der Waals surface area contributed by atoms with Gasteiger partial charge in [-0.15, -0.1) is 0 Å². The van der Waals surface area contributed by atoms with E-state index in [0.717, 1.165) is 25.9 Å². The summed E-state index contributed by atoms with van der Waals surface area (Å²) in [4.78, 5) is 14.2. The molecule has 1 saturated heterocycles. The number of hydrogen-bond donors (Lipinski definition) is 3. The molecule has 0 bridgehead atoms. The van der Waals surface area contributed by atoms with Crippen LogP contribution in [0.5, 0.6) is 0 Å². The molecule has 2 heterocycles. The second kappa shape index (κ2) is 6.29. The Hall–Kier alpha value is -1.84. The van der Waals surface area contributed by atoms with Crippen molar-refractivity contribution in [3.05, 3.63) is 0 Å². The van der Waals surface area contributed by atoms with Crippen LogP contribution in [0.2, 0.25) is 0 Å². The maximum absolute atomic E-state index is 12.3. The Balaban J connectivity index is 2.12. The summed E-state index contributed by atoms with van der Waals surface area (Å²) in [5.74, 6) is 5.90. The highest BCUT2D eigenvalue weighted by Crippen LogP contribution is 2.23. The predicted octanol–water partition coefficient (Wildman–Crippen LogP) is 1.51. The highest BCUT2D eigenvalue weighted by Gasteiger charge is 2.30. The van der Waals surface area contributed by atoms with Crippen molar-refractivity contribution < 1.29 is 13.2 Å². The van der Waals surface area contributed by atoms with E-state index in [1.807, 2.05) is 4.90 Å². The van der Waals surface area contributed by atoms with Crippen LogP contribution in [0.4, 0.5) is 31.0 Å². The largest absolute Gasteiger partial charge is 0.391 e. The molecule has 1 aromatic rings. The average Bonchev–Trinajstić information content (AvgIpc) is 2.89. The van der Waals surface area contributed by atoms with Crippen LogP contribution in [0.3, 0.4) is 0 Å². The van der Waals surface area contributed by atoms with Crippen molar-refractivity contribution in [3.63, 3.8) is 0 Å². The molecule has 2 rings (SSSR count). The third kappa shape index (κ3) is 4.59. The number of halogens is 3. The van der Waals surface area contributed by atoms with Crippen LogP contribution >= 0.6 is 0 Å². The quantitative estimate of drug-likeness (QED) is 0.561. The van der Waals surface area contributed by atoms with Gasteiger partial charge in [-0.1, -0.05) is 0 Å². The molecule has 1 aliphatic rings. The fraction of sp³-hybridized carbons (Fsp3) is 0.727. The van der Waals surface area contributed by atoms with Crippen molar-refractivity contribution in [2.24, 2.45) is 5.84 Å². The Morgan fingerprint density at radius 3 is 2.38 bits per heavy atom. The third-order valence-corrected chi connectivity index (χ3v) is 3.05. The molecule has 0 saturated carbocycles. The Bertz CT molecular complexity index is 473. The monoisotopic (exact) mass is 305 g/mol. The highest BCUT2D eigenvalue weighted by molar-refractivity contribution is 5.44. The van der Waals surface area contributed by atoms with Gasteiger partial charge in [0.15, 0.2) is 0 Å². The Morgan fingerprint density at radius 1 is 1.19 bits per heavy atom. The minimum Gasteiger partial charge on any atom is -0.351 e. The topological polar surface area (TPSA) is 92.0 Å². The van der Waals surface area contributed by atoms with Crippen LogP contribution in [0.1, 0.15) is 26.2 Å². The van der Waals surface area contributed by atoms with Crippen LogP contribution in [0.15, 0.2) is 0 Å². The molecule has 1 fully saturated rings. The molecule has 0 aliphatic carbocycles. The number of rotatable bonds is 5. The Kier molecular flexibility index (Phi) is 4.66. The van der Waals surface area contributed by atoms with Crippen molar-refractivity contribution in [1.82, 2.24) is 15.0 Å². The lowest BCUT2D eigenvalue weighted by molar-refractivity contribution is -0.136. The highest BCUT2D eigenvalue weighted by atomic mass is 19.4. The predicted molar refractivity (Wildman–Crippen MR) is 72.8 cm³/mol. The number of nitrogens with one attached hydrogen (secondary N) is 2. The van der Waals surface area contributed by atoms with Crippen molar-refractivity contribution in [3.8, 4) is 0 Å². The van der Waals surface area contributed by atoms with E-state index in [1.165, 1.54) is 6.92 Å². The number of hydrazine groups is 1. The summed E-state index contributed by atoms with van der Waals surface area (Å²) in [5, 5.41) is 2.63. The summed E-state index contributed by atoms with van der Waals surface area (Å²) in [7, 11) is 0. The van der Waals surface area contributed by atoms with Gasteiger partial charge in [-0.2, -0.15) is 28.1 Å². The molecule has 21 heavy (non-hydrogen) atoms. The molecule has 0 amide bonds. The van der Waals surface area contributed by atoms with Crippen molar-refractivity contribution >= 4 is 17.8 Å². The number of hydrogen-bond acceptors (Lipinski definition) is 7. The minimum atomic E-state index is -4.24. The van der Waals surface area contributed by atoms with E-state index in [0.29, 0.717) is 5.95 Å². The van der Waals surface area contributed by atoms with Gasteiger partial charge in [-0.05, 0) is 19.8 Å². The van der Waals surface area contributed by atoms with E-state index >= 15 is 0 Å². The second-order valence-electron chi connectivity index (χ2n) is 4.99. The summed E-state index contributed by atoms with van der Waals surface area (Å²) in [6.45, 7) is 3.04. The average molecular weight is 305 g/mol. The van der Waals surface area contributed by atoms with Gasteiger partial charge in [0.25, 0.3) is 0 Å². The summed E-state index contributed by atoms with van der Waals surface area (Å²) in [5.41, 5.74) is 2.30. The molecule has 1 aromatic heterocycles. The number of nitrogen functional groups attached to an aromatic ring is 1. The number of nitrogens with two attached hydrogens (primary N) is 1. The fourth-order valence-electron chi connectivity index (χ4n) is 2.17. The number of aromatic nitrogens is 3. The van der Waals surface area contributed by atoms with Crippen molar-refractivity contribution in [2.75, 3.05) is 28.7 Å². The molecule has 1 unspecified atom stereocenters. The molecule has 0 radical (unpaired) electrons. The van der Waals surface area contributed by atoms with Crippen LogP contribution in [0.25, 0.3) is 0 Å². The minimum absolute atomic E-state index is 0.0802. The summed E-state index contributed by atoms with van der Waals surface area (Å²) < 4.78 is 37.0. The molecule has 0 spiro atoms. The van der Waals surface area contributed by atoms with Crippen molar-refractivity contribution in [1.29, 1.82) is 0 Å². The first kappa shape index (κ1) is 15.5. The molecular weight excluding hydrogens is 287 g/mol. The summed E-state index contributed by atoms with van der Waals surface area (Å²) in [6, 6.07) is -0.843. The first-order valence-electron chi connectivity index (χ1n) is 6.68. The van der Waals surface area contributed by atoms with Crippen molar-refractivity contribution in [2.45, 2.75) is 38.4 Å². The molecule has 7 nitrogen and oxygen atoms in total. The van der Waals surface area contributed by atoms with E-state index in [2.05, 4.69) is 25.7 Å². The summed E-state index contributed by atoms with van der Waals surface area (Å²) >= 11 is 0. The van der Waals surface area contributed by atoms with E-state index in [-0.39, 0.29) is 11.9 Å². The third-order valence-electron chi connectivity index (χ3n) is 3.05.